The molecule has 1 amide bonds. The molecule has 1 aromatic heterocycles. The van der Waals surface area contributed by atoms with Crippen molar-refractivity contribution in [1.82, 2.24) is 10.1 Å². The van der Waals surface area contributed by atoms with Crippen molar-refractivity contribution in [3.8, 4) is 0 Å². The Bertz CT molecular complexity index is 555. The maximum atomic E-state index is 12.2. The van der Waals surface area contributed by atoms with Gasteiger partial charge in [0.1, 0.15) is 0 Å². The van der Waals surface area contributed by atoms with Gasteiger partial charge in [-0.3, -0.25) is 15.0 Å². The Balaban J connectivity index is 0.00000192. The summed E-state index contributed by atoms with van der Waals surface area (Å²) in [6.45, 7) is 8.48. The number of likely N-dealkylation sites (tertiary alicyclic amines) is 1. The second kappa shape index (κ2) is 6.79. The van der Waals surface area contributed by atoms with Gasteiger partial charge in [0.25, 0.3) is 0 Å². The van der Waals surface area contributed by atoms with E-state index in [1.54, 1.807) is 6.07 Å². The normalized spacial score (nSPS) is 27.6. The second-order valence-corrected chi connectivity index (χ2v) is 7.73. The fourth-order valence-corrected chi connectivity index (χ4v) is 3.60. The molecule has 1 saturated carbocycles. The molecule has 2 fully saturated rings. The highest BCUT2D eigenvalue weighted by Crippen LogP contribution is 2.36. The van der Waals surface area contributed by atoms with Crippen LogP contribution < -0.4 is 11.1 Å². The van der Waals surface area contributed by atoms with Crippen LogP contribution in [-0.2, 0) is 10.2 Å². The third-order valence-electron chi connectivity index (χ3n) is 4.90. The molecule has 130 valence electrons. The molecule has 3 rings (SSSR count). The quantitative estimate of drug-likeness (QED) is 0.877. The predicted molar refractivity (Wildman–Crippen MR) is 91.7 cm³/mol. The van der Waals surface area contributed by atoms with Crippen LogP contribution in [0, 0.1) is 11.8 Å². The first-order chi connectivity index (χ1) is 10.3. The molecule has 0 aromatic carbocycles. The van der Waals surface area contributed by atoms with Gasteiger partial charge < -0.3 is 10.3 Å². The van der Waals surface area contributed by atoms with Crippen LogP contribution in [0.25, 0.3) is 0 Å². The van der Waals surface area contributed by atoms with Gasteiger partial charge in [-0.1, -0.05) is 25.9 Å². The molecule has 0 radical (unpaired) electrons. The Morgan fingerprint density at radius 3 is 2.78 bits per heavy atom. The summed E-state index contributed by atoms with van der Waals surface area (Å²) in [6.07, 6.45) is 2.32. The number of halogens is 1. The Labute approximate surface area is 143 Å². The van der Waals surface area contributed by atoms with Crippen LogP contribution in [0.15, 0.2) is 10.6 Å². The molecule has 3 N–H and O–H groups in total. The van der Waals surface area contributed by atoms with Gasteiger partial charge in [-0.25, -0.2) is 0 Å². The molecule has 1 aromatic rings. The van der Waals surface area contributed by atoms with E-state index >= 15 is 0 Å². The number of carbonyl (C=O) groups is 1. The lowest BCUT2D eigenvalue weighted by atomic mass is 9.92. The van der Waals surface area contributed by atoms with Crippen LogP contribution in [0.1, 0.15) is 39.3 Å². The summed E-state index contributed by atoms with van der Waals surface area (Å²) in [5, 5.41) is 6.81. The van der Waals surface area contributed by atoms with E-state index in [0.29, 0.717) is 30.3 Å². The zero-order chi connectivity index (χ0) is 15.9. The fourth-order valence-electron chi connectivity index (χ4n) is 3.60. The number of nitrogens with zero attached hydrogens (tertiary/aromatic N) is 2. The lowest BCUT2D eigenvalue weighted by Crippen LogP contribution is -2.34. The molecule has 1 aliphatic heterocycles. The molecule has 6 nitrogen and oxygen atoms in total. The first kappa shape index (κ1) is 18.2. The summed E-state index contributed by atoms with van der Waals surface area (Å²) >= 11 is 0. The maximum absolute atomic E-state index is 12.2. The number of carbonyl (C=O) groups excluding carboxylic acids is 1. The average Bonchev–Trinajstić information content (AvgIpc) is 3.07. The molecule has 1 aliphatic carbocycles. The van der Waals surface area contributed by atoms with Gasteiger partial charge in [-0.15, -0.1) is 12.4 Å². The van der Waals surface area contributed by atoms with Crippen LogP contribution in [0.3, 0.4) is 0 Å². The second-order valence-electron chi connectivity index (χ2n) is 7.73. The SMILES string of the molecule is CC(C)(C)c1cc(NC(=O)CN2CC3CCC(N)C3C2)on1.Cl. The molecule has 0 spiro atoms. The summed E-state index contributed by atoms with van der Waals surface area (Å²) in [5.74, 6) is 1.60. The van der Waals surface area contributed by atoms with E-state index in [1.165, 1.54) is 6.42 Å². The summed E-state index contributed by atoms with van der Waals surface area (Å²) in [4.78, 5) is 14.4. The summed E-state index contributed by atoms with van der Waals surface area (Å²) in [5.41, 5.74) is 6.88. The minimum Gasteiger partial charge on any atom is -0.338 e. The van der Waals surface area contributed by atoms with E-state index in [2.05, 4.69) is 36.1 Å². The van der Waals surface area contributed by atoms with Gasteiger partial charge in [0.15, 0.2) is 0 Å². The van der Waals surface area contributed by atoms with E-state index in [-0.39, 0.29) is 23.7 Å². The van der Waals surface area contributed by atoms with Crippen molar-refractivity contribution in [2.75, 3.05) is 25.0 Å². The third-order valence-corrected chi connectivity index (χ3v) is 4.90. The maximum Gasteiger partial charge on any atom is 0.240 e. The molecule has 2 heterocycles. The highest BCUT2D eigenvalue weighted by atomic mass is 35.5. The van der Waals surface area contributed by atoms with E-state index in [1.807, 2.05) is 0 Å². The first-order valence-corrected chi connectivity index (χ1v) is 8.08. The van der Waals surface area contributed by atoms with Gasteiger partial charge in [-0.05, 0) is 24.7 Å². The van der Waals surface area contributed by atoms with Crippen molar-refractivity contribution in [2.24, 2.45) is 17.6 Å². The zero-order valence-corrected chi connectivity index (χ0v) is 14.9. The first-order valence-electron chi connectivity index (χ1n) is 8.08. The van der Waals surface area contributed by atoms with Crippen LogP contribution in [0.5, 0.6) is 0 Å². The molecule has 1 saturated heterocycles. The Kier molecular flexibility index (Phi) is 5.38. The number of fused-ring (bicyclic) bond motifs is 1. The molecule has 2 aliphatic rings. The van der Waals surface area contributed by atoms with Crippen molar-refractivity contribution in [3.05, 3.63) is 11.8 Å². The van der Waals surface area contributed by atoms with Gasteiger partial charge in [-0.2, -0.15) is 0 Å². The van der Waals surface area contributed by atoms with Crippen molar-refractivity contribution in [1.29, 1.82) is 0 Å². The number of hydrogen-bond acceptors (Lipinski definition) is 5. The predicted octanol–water partition coefficient (Wildman–Crippen LogP) is 2.00. The Hall–Kier alpha value is -1.11. The monoisotopic (exact) mass is 342 g/mol. The number of rotatable bonds is 3. The number of aromatic nitrogens is 1. The summed E-state index contributed by atoms with van der Waals surface area (Å²) in [7, 11) is 0. The molecular weight excluding hydrogens is 316 g/mol. The van der Waals surface area contributed by atoms with Crippen LogP contribution >= 0.6 is 12.4 Å². The van der Waals surface area contributed by atoms with Gasteiger partial charge in [0.05, 0.1) is 12.2 Å². The van der Waals surface area contributed by atoms with Gasteiger partial charge in [0.2, 0.25) is 11.8 Å². The van der Waals surface area contributed by atoms with E-state index < -0.39 is 0 Å². The van der Waals surface area contributed by atoms with Crippen LogP contribution in [-0.4, -0.2) is 41.6 Å². The lowest BCUT2D eigenvalue weighted by molar-refractivity contribution is -0.117. The number of amides is 1. The Morgan fingerprint density at radius 1 is 1.43 bits per heavy atom. The highest BCUT2D eigenvalue weighted by molar-refractivity contribution is 5.91. The molecule has 23 heavy (non-hydrogen) atoms. The number of anilines is 1. The average molecular weight is 343 g/mol. The molecule has 3 atom stereocenters. The summed E-state index contributed by atoms with van der Waals surface area (Å²) in [6, 6.07) is 2.11. The zero-order valence-electron chi connectivity index (χ0n) is 14.0. The summed E-state index contributed by atoms with van der Waals surface area (Å²) < 4.78 is 5.20. The smallest absolute Gasteiger partial charge is 0.240 e. The van der Waals surface area contributed by atoms with Crippen molar-refractivity contribution >= 4 is 24.2 Å². The number of nitrogens with one attached hydrogen (secondary N) is 1. The largest absolute Gasteiger partial charge is 0.338 e. The van der Waals surface area contributed by atoms with Crippen molar-refractivity contribution < 1.29 is 9.32 Å². The van der Waals surface area contributed by atoms with Crippen LogP contribution in [0.2, 0.25) is 0 Å². The minimum atomic E-state index is -0.0883. The van der Waals surface area contributed by atoms with Crippen molar-refractivity contribution in [2.45, 2.75) is 45.1 Å². The van der Waals surface area contributed by atoms with E-state index in [4.69, 9.17) is 10.3 Å². The Morgan fingerprint density at radius 2 is 2.17 bits per heavy atom. The molecule has 3 unspecified atom stereocenters. The van der Waals surface area contributed by atoms with Gasteiger partial charge in [0, 0.05) is 30.6 Å². The number of nitrogens with two attached hydrogens (primary N) is 1. The van der Waals surface area contributed by atoms with E-state index in [0.717, 1.165) is 25.2 Å². The minimum absolute atomic E-state index is 0. The van der Waals surface area contributed by atoms with Crippen molar-refractivity contribution in [3.63, 3.8) is 0 Å². The highest BCUT2D eigenvalue weighted by Gasteiger charge is 2.41. The lowest BCUT2D eigenvalue weighted by Gasteiger charge is -2.17. The van der Waals surface area contributed by atoms with E-state index in [9.17, 15) is 4.79 Å². The molecule has 0 bridgehead atoms. The third kappa shape index (κ3) is 4.05. The fraction of sp³-hybridized carbons (Fsp3) is 0.750. The van der Waals surface area contributed by atoms with Gasteiger partial charge >= 0.3 is 0 Å². The molecule has 7 heteroatoms. The molecular formula is C16H27ClN4O2. The topological polar surface area (TPSA) is 84.4 Å². The number of hydrogen-bond donors (Lipinski definition) is 2. The van der Waals surface area contributed by atoms with Crippen LogP contribution in [0.4, 0.5) is 5.88 Å². The standard InChI is InChI=1S/C16H26N4O2.ClH/c1-16(2,3)13-6-15(22-19-13)18-14(21)9-20-7-10-4-5-12(17)11(10)8-20;/h6,10-12H,4-5,7-9,17H2,1-3H3,(H,18,21);1H.